The minimum Gasteiger partial charge on any atom is -0.381 e. The molecule has 1 saturated carbocycles. The van der Waals surface area contributed by atoms with Crippen molar-refractivity contribution in [3.8, 4) is 0 Å². The second-order valence-electron chi connectivity index (χ2n) is 4.83. The Kier molecular flexibility index (Phi) is 3.42. The standard InChI is InChI=1S/C11H22N2O/c12-8-11(4-6-14-7-5-11)9-13-10-2-1-3-10/h10,13H,1-9,12H2. The maximum Gasteiger partial charge on any atom is 0.0472 e. The first-order valence-corrected chi connectivity index (χ1v) is 5.86. The van der Waals surface area contributed by atoms with Crippen LogP contribution in [0.15, 0.2) is 0 Å². The van der Waals surface area contributed by atoms with E-state index in [1.807, 2.05) is 0 Å². The second kappa shape index (κ2) is 4.60. The van der Waals surface area contributed by atoms with E-state index in [9.17, 15) is 0 Å². The minimum absolute atomic E-state index is 0.327. The average Bonchev–Trinajstić information content (AvgIpc) is 2.17. The van der Waals surface area contributed by atoms with Crippen LogP contribution in [0.4, 0.5) is 0 Å². The van der Waals surface area contributed by atoms with Crippen LogP contribution in [0.1, 0.15) is 32.1 Å². The van der Waals surface area contributed by atoms with Gasteiger partial charge in [-0.1, -0.05) is 6.42 Å². The maximum atomic E-state index is 5.89. The van der Waals surface area contributed by atoms with Crippen molar-refractivity contribution in [2.75, 3.05) is 26.3 Å². The van der Waals surface area contributed by atoms with E-state index in [4.69, 9.17) is 10.5 Å². The molecule has 0 aromatic rings. The van der Waals surface area contributed by atoms with Crippen LogP contribution in [0, 0.1) is 5.41 Å². The minimum atomic E-state index is 0.327. The molecule has 0 amide bonds. The van der Waals surface area contributed by atoms with Crippen LogP contribution in [0.2, 0.25) is 0 Å². The predicted octanol–water partition coefficient (Wildman–Crippen LogP) is 0.884. The zero-order chi connectivity index (χ0) is 9.86. The molecule has 0 bridgehead atoms. The number of nitrogens with one attached hydrogen (secondary N) is 1. The van der Waals surface area contributed by atoms with Crippen molar-refractivity contribution in [2.24, 2.45) is 11.1 Å². The quantitative estimate of drug-likeness (QED) is 0.705. The number of hydrogen-bond donors (Lipinski definition) is 2. The lowest BCUT2D eigenvalue weighted by molar-refractivity contribution is 0.0166. The summed E-state index contributed by atoms with van der Waals surface area (Å²) in [5, 5.41) is 3.65. The average molecular weight is 198 g/mol. The monoisotopic (exact) mass is 198 g/mol. The summed E-state index contributed by atoms with van der Waals surface area (Å²) in [7, 11) is 0. The van der Waals surface area contributed by atoms with E-state index < -0.39 is 0 Å². The fourth-order valence-corrected chi connectivity index (χ4v) is 2.23. The molecule has 3 heteroatoms. The zero-order valence-corrected chi connectivity index (χ0v) is 8.93. The van der Waals surface area contributed by atoms with E-state index >= 15 is 0 Å². The number of ether oxygens (including phenoxy) is 1. The van der Waals surface area contributed by atoms with Gasteiger partial charge in [-0.15, -0.1) is 0 Å². The molecule has 1 saturated heterocycles. The van der Waals surface area contributed by atoms with Gasteiger partial charge in [0.05, 0.1) is 0 Å². The Labute approximate surface area is 86.4 Å². The summed E-state index contributed by atoms with van der Waals surface area (Å²) in [6, 6.07) is 0.779. The number of rotatable bonds is 4. The molecule has 2 fully saturated rings. The Morgan fingerprint density at radius 2 is 2.00 bits per heavy atom. The molecule has 0 aromatic heterocycles. The van der Waals surface area contributed by atoms with E-state index in [1.54, 1.807) is 0 Å². The number of hydrogen-bond acceptors (Lipinski definition) is 3. The van der Waals surface area contributed by atoms with E-state index in [2.05, 4.69) is 5.32 Å². The molecule has 3 nitrogen and oxygen atoms in total. The fraction of sp³-hybridized carbons (Fsp3) is 1.00. The third kappa shape index (κ3) is 2.27. The fourth-order valence-electron chi connectivity index (χ4n) is 2.23. The Bertz CT molecular complexity index is 174. The summed E-state index contributed by atoms with van der Waals surface area (Å²) in [5.74, 6) is 0. The van der Waals surface area contributed by atoms with Crippen LogP contribution in [0.25, 0.3) is 0 Å². The van der Waals surface area contributed by atoms with Crippen molar-refractivity contribution in [3.63, 3.8) is 0 Å². The van der Waals surface area contributed by atoms with Crippen molar-refractivity contribution >= 4 is 0 Å². The molecule has 1 aliphatic carbocycles. The number of nitrogens with two attached hydrogens (primary N) is 1. The molecule has 82 valence electrons. The first kappa shape index (κ1) is 10.4. The highest BCUT2D eigenvalue weighted by Crippen LogP contribution is 2.29. The van der Waals surface area contributed by atoms with Crippen molar-refractivity contribution in [1.29, 1.82) is 0 Å². The first-order valence-electron chi connectivity index (χ1n) is 5.86. The summed E-state index contributed by atoms with van der Waals surface area (Å²) in [4.78, 5) is 0. The van der Waals surface area contributed by atoms with Crippen LogP contribution in [-0.2, 0) is 4.74 Å². The zero-order valence-electron chi connectivity index (χ0n) is 8.93. The van der Waals surface area contributed by atoms with Crippen molar-refractivity contribution in [2.45, 2.75) is 38.1 Å². The highest BCUT2D eigenvalue weighted by atomic mass is 16.5. The first-order chi connectivity index (χ1) is 6.85. The SMILES string of the molecule is NCC1(CNC2CCC2)CCOCC1. The summed E-state index contributed by atoms with van der Waals surface area (Å²) in [6.45, 7) is 3.68. The van der Waals surface area contributed by atoms with Crippen LogP contribution < -0.4 is 11.1 Å². The topological polar surface area (TPSA) is 47.3 Å². The van der Waals surface area contributed by atoms with Crippen LogP contribution in [0.3, 0.4) is 0 Å². The Balaban J connectivity index is 1.77. The lowest BCUT2D eigenvalue weighted by Gasteiger charge is -2.39. The van der Waals surface area contributed by atoms with E-state index in [0.29, 0.717) is 5.41 Å². The lowest BCUT2D eigenvalue weighted by atomic mass is 9.79. The van der Waals surface area contributed by atoms with Gasteiger partial charge < -0.3 is 15.8 Å². The molecular weight excluding hydrogens is 176 g/mol. The molecule has 0 aromatic carbocycles. The molecule has 0 unspecified atom stereocenters. The predicted molar refractivity (Wildman–Crippen MR) is 57.2 cm³/mol. The van der Waals surface area contributed by atoms with Gasteiger partial charge in [0.1, 0.15) is 0 Å². The summed E-state index contributed by atoms with van der Waals surface area (Å²) in [6.07, 6.45) is 6.37. The molecule has 0 radical (unpaired) electrons. The smallest absolute Gasteiger partial charge is 0.0472 e. The Hall–Kier alpha value is -0.120. The normalized spacial score (nSPS) is 27.2. The van der Waals surface area contributed by atoms with E-state index in [1.165, 1.54) is 19.3 Å². The van der Waals surface area contributed by atoms with Gasteiger partial charge in [0, 0.05) is 25.8 Å². The Morgan fingerprint density at radius 3 is 2.50 bits per heavy atom. The van der Waals surface area contributed by atoms with Gasteiger partial charge in [0.2, 0.25) is 0 Å². The van der Waals surface area contributed by atoms with Crippen molar-refractivity contribution in [1.82, 2.24) is 5.32 Å². The molecule has 3 N–H and O–H groups in total. The molecule has 0 spiro atoms. The van der Waals surface area contributed by atoms with Crippen LogP contribution in [-0.4, -0.2) is 32.3 Å². The Morgan fingerprint density at radius 1 is 1.29 bits per heavy atom. The van der Waals surface area contributed by atoms with Gasteiger partial charge in [-0.2, -0.15) is 0 Å². The molecule has 2 rings (SSSR count). The molecule has 2 aliphatic rings. The highest BCUT2D eigenvalue weighted by Gasteiger charge is 2.32. The van der Waals surface area contributed by atoms with E-state index in [-0.39, 0.29) is 0 Å². The highest BCUT2D eigenvalue weighted by molar-refractivity contribution is 4.87. The van der Waals surface area contributed by atoms with Gasteiger partial charge in [0.15, 0.2) is 0 Å². The molecule has 0 atom stereocenters. The summed E-state index contributed by atoms with van der Waals surface area (Å²) in [5.41, 5.74) is 6.22. The third-order valence-electron chi connectivity index (χ3n) is 3.86. The van der Waals surface area contributed by atoms with Crippen LogP contribution in [0.5, 0.6) is 0 Å². The summed E-state index contributed by atoms with van der Waals surface area (Å²) < 4.78 is 5.39. The van der Waals surface area contributed by atoms with Crippen molar-refractivity contribution < 1.29 is 4.74 Å². The molecule has 1 aliphatic heterocycles. The molecule has 1 heterocycles. The maximum absolute atomic E-state index is 5.89. The van der Waals surface area contributed by atoms with Gasteiger partial charge in [-0.05, 0) is 37.6 Å². The second-order valence-corrected chi connectivity index (χ2v) is 4.83. The third-order valence-corrected chi connectivity index (χ3v) is 3.86. The van der Waals surface area contributed by atoms with E-state index in [0.717, 1.165) is 45.2 Å². The van der Waals surface area contributed by atoms with Crippen molar-refractivity contribution in [3.05, 3.63) is 0 Å². The van der Waals surface area contributed by atoms with Crippen LogP contribution >= 0.6 is 0 Å². The van der Waals surface area contributed by atoms with Gasteiger partial charge in [0.25, 0.3) is 0 Å². The van der Waals surface area contributed by atoms with Gasteiger partial charge in [-0.3, -0.25) is 0 Å². The largest absolute Gasteiger partial charge is 0.381 e. The van der Waals surface area contributed by atoms with Gasteiger partial charge in [-0.25, -0.2) is 0 Å². The van der Waals surface area contributed by atoms with Gasteiger partial charge >= 0.3 is 0 Å². The lowest BCUT2D eigenvalue weighted by Crippen LogP contribution is -2.48. The summed E-state index contributed by atoms with van der Waals surface area (Å²) >= 11 is 0. The molecular formula is C11H22N2O. The molecule has 14 heavy (non-hydrogen) atoms.